The lowest BCUT2D eigenvalue weighted by molar-refractivity contribution is -0.135. The van der Waals surface area contributed by atoms with Gasteiger partial charge < -0.3 is 9.80 Å². The van der Waals surface area contributed by atoms with Crippen LogP contribution in [0.25, 0.3) is 0 Å². The summed E-state index contributed by atoms with van der Waals surface area (Å²) < 4.78 is 0. The van der Waals surface area contributed by atoms with Gasteiger partial charge in [-0.3, -0.25) is 14.5 Å². The van der Waals surface area contributed by atoms with Gasteiger partial charge in [0.25, 0.3) is 5.91 Å². The number of piperazine rings is 1. The molecule has 3 aliphatic rings. The molecule has 0 spiro atoms. The first kappa shape index (κ1) is 20.9. The first-order valence-corrected chi connectivity index (χ1v) is 12.2. The summed E-state index contributed by atoms with van der Waals surface area (Å²) in [5.41, 5.74) is 1.41. The highest BCUT2D eigenvalue weighted by molar-refractivity contribution is 7.14. The van der Waals surface area contributed by atoms with E-state index in [1.54, 1.807) is 11.3 Å². The van der Waals surface area contributed by atoms with Gasteiger partial charge in [-0.1, -0.05) is 20.3 Å². The summed E-state index contributed by atoms with van der Waals surface area (Å²) in [6, 6.07) is 2.16. The van der Waals surface area contributed by atoms with Crippen molar-refractivity contribution in [1.29, 1.82) is 0 Å². The summed E-state index contributed by atoms with van der Waals surface area (Å²) in [6.07, 6.45) is 7.29. The van der Waals surface area contributed by atoms with Crippen LogP contribution in [0.2, 0.25) is 0 Å². The topological polar surface area (TPSA) is 43.9 Å². The Morgan fingerprint density at radius 3 is 2.38 bits per heavy atom. The molecular weight excluding hydrogens is 382 g/mol. The number of hydrogen-bond donors (Lipinski definition) is 0. The van der Waals surface area contributed by atoms with Crippen LogP contribution in [0, 0.1) is 11.8 Å². The minimum atomic E-state index is 0.188. The zero-order valence-electron chi connectivity index (χ0n) is 18.0. The van der Waals surface area contributed by atoms with E-state index in [0.717, 1.165) is 57.0 Å². The van der Waals surface area contributed by atoms with E-state index < -0.39 is 0 Å². The molecule has 160 valence electrons. The fourth-order valence-electron chi connectivity index (χ4n) is 5.20. The third-order valence-electron chi connectivity index (χ3n) is 6.70. The van der Waals surface area contributed by atoms with Crippen molar-refractivity contribution in [3.63, 3.8) is 0 Å². The summed E-state index contributed by atoms with van der Waals surface area (Å²) in [7, 11) is 0. The Morgan fingerprint density at radius 2 is 1.66 bits per heavy atom. The fraction of sp³-hybridized carbons (Fsp3) is 0.739. The summed E-state index contributed by atoms with van der Waals surface area (Å²) >= 11 is 1.72. The Hall–Kier alpha value is -1.40. The van der Waals surface area contributed by atoms with Gasteiger partial charge in [0.2, 0.25) is 5.91 Å². The molecule has 5 nitrogen and oxygen atoms in total. The van der Waals surface area contributed by atoms with Crippen LogP contribution in [0.1, 0.15) is 59.6 Å². The lowest BCUT2D eigenvalue weighted by atomic mass is 9.92. The standard InChI is InChI=1S/C23H35N3O2S/c1-17-12-18(2)15-26(14-17)22(27)16-24-8-10-25(11-9-24)23(28)21-13-19-6-4-3-5-7-20(19)29-21/h13,17-18H,3-12,14-16H2,1-2H3. The molecule has 2 fully saturated rings. The molecule has 0 radical (unpaired) electrons. The zero-order valence-corrected chi connectivity index (χ0v) is 18.8. The lowest BCUT2D eigenvalue weighted by Gasteiger charge is -2.38. The number of amides is 2. The number of aryl methyl sites for hydroxylation is 2. The fourth-order valence-corrected chi connectivity index (χ4v) is 6.42. The van der Waals surface area contributed by atoms with Crippen molar-refractivity contribution in [2.24, 2.45) is 11.8 Å². The number of hydrogen-bond acceptors (Lipinski definition) is 4. The highest BCUT2D eigenvalue weighted by Gasteiger charge is 2.29. The van der Waals surface area contributed by atoms with Crippen molar-refractivity contribution in [3.05, 3.63) is 21.4 Å². The van der Waals surface area contributed by atoms with Crippen molar-refractivity contribution >= 4 is 23.2 Å². The third-order valence-corrected chi connectivity index (χ3v) is 7.92. The van der Waals surface area contributed by atoms with Crippen LogP contribution in [0.3, 0.4) is 0 Å². The average Bonchev–Trinajstić information content (AvgIpc) is 2.98. The molecule has 2 amide bonds. The van der Waals surface area contributed by atoms with E-state index in [4.69, 9.17) is 0 Å². The number of rotatable bonds is 3. The molecular formula is C23H35N3O2S. The molecule has 1 aromatic rings. The minimum Gasteiger partial charge on any atom is -0.341 e. The molecule has 29 heavy (non-hydrogen) atoms. The van der Waals surface area contributed by atoms with Crippen molar-refractivity contribution in [1.82, 2.24) is 14.7 Å². The van der Waals surface area contributed by atoms with Crippen LogP contribution < -0.4 is 0 Å². The summed E-state index contributed by atoms with van der Waals surface area (Å²) in [5.74, 6) is 1.63. The molecule has 2 aliphatic heterocycles. The van der Waals surface area contributed by atoms with Crippen LogP contribution in [0.15, 0.2) is 6.07 Å². The number of carbonyl (C=O) groups excluding carboxylic acids is 2. The van der Waals surface area contributed by atoms with E-state index in [1.165, 1.54) is 36.1 Å². The first-order valence-electron chi connectivity index (χ1n) is 11.4. The number of carbonyl (C=O) groups is 2. The Morgan fingerprint density at radius 1 is 0.966 bits per heavy atom. The number of piperidine rings is 1. The zero-order chi connectivity index (χ0) is 20.4. The number of nitrogens with zero attached hydrogens (tertiary/aromatic N) is 3. The quantitative estimate of drug-likeness (QED) is 0.709. The van der Waals surface area contributed by atoms with Crippen LogP contribution >= 0.6 is 11.3 Å². The second kappa shape index (κ2) is 9.17. The van der Waals surface area contributed by atoms with Crippen LogP contribution in [-0.4, -0.2) is 72.3 Å². The molecule has 1 aromatic heterocycles. The van der Waals surface area contributed by atoms with Crippen molar-refractivity contribution in [2.75, 3.05) is 45.8 Å². The van der Waals surface area contributed by atoms with Gasteiger partial charge in [-0.05, 0) is 55.6 Å². The number of thiophene rings is 1. The summed E-state index contributed by atoms with van der Waals surface area (Å²) in [5, 5.41) is 0. The van der Waals surface area contributed by atoms with Gasteiger partial charge in [0, 0.05) is 44.1 Å². The van der Waals surface area contributed by atoms with Crippen LogP contribution in [0.5, 0.6) is 0 Å². The molecule has 4 rings (SSSR count). The Bertz CT molecular complexity index is 705. The van der Waals surface area contributed by atoms with Crippen molar-refractivity contribution < 1.29 is 9.59 Å². The lowest BCUT2D eigenvalue weighted by Crippen LogP contribution is -2.52. The largest absolute Gasteiger partial charge is 0.341 e. The van der Waals surface area contributed by atoms with E-state index in [0.29, 0.717) is 18.4 Å². The highest BCUT2D eigenvalue weighted by atomic mass is 32.1. The SMILES string of the molecule is CC1CC(C)CN(C(=O)CN2CCN(C(=O)c3cc4c(s3)CCCCC4)CC2)C1. The number of fused-ring (bicyclic) bond motifs is 1. The Kier molecular flexibility index (Phi) is 6.60. The maximum absolute atomic E-state index is 13.0. The maximum atomic E-state index is 13.0. The molecule has 2 saturated heterocycles. The molecule has 2 atom stereocenters. The van der Waals surface area contributed by atoms with Crippen LogP contribution in [0.4, 0.5) is 0 Å². The van der Waals surface area contributed by atoms with Crippen molar-refractivity contribution in [2.45, 2.75) is 52.4 Å². The highest BCUT2D eigenvalue weighted by Crippen LogP contribution is 2.30. The molecule has 3 heterocycles. The monoisotopic (exact) mass is 417 g/mol. The summed E-state index contributed by atoms with van der Waals surface area (Å²) in [6.45, 7) is 9.80. The second-order valence-electron chi connectivity index (χ2n) is 9.43. The molecule has 0 N–H and O–H groups in total. The smallest absolute Gasteiger partial charge is 0.264 e. The van der Waals surface area contributed by atoms with Gasteiger partial charge in [-0.2, -0.15) is 0 Å². The minimum absolute atomic E-state index is 0.188. The predicted molar refractivity (Wildman–Crippen MR) is 117 cm³/mol. The van der Waals surface area contributed by atoms with Gasteiger partial charge >= 0.3 is 0 Å². The third kappa shape index (κ3) is 5.02. The van der Waals surface area contributed by atoms with Gasteiger partial charge in [-0.15, -0.1) is 11.3 Å². The second-order valence-corrected chi connectivity index (χ2v) is 10.6. The van der Waals surface area contributed by atoms with Gasteiger partial charge in [0.05, 0.1) is 11.4 Å². The normalized spacial score (nSPS) is 26.1. The molecule has 2 unspecified atom stereocenters. The predicted octanol–water partition coefficient (Wildman–Crippen LogP) is 3.28. The van der Waals surface area contributed by atoms with E-state index in [1.807, 2.05) is 4.90 Å². The van der Waals surface area contributed by atoms with E-state index in [9.17, 15) is 9.59 Å². The molecule has 0 bridgehead atoms. The van der Waals surface area contributed by atoms with Crippen molar-refractivity contribution in [3.8, 4) is 0 Å². The number of likely N-dealkylation sites (tertiary alicyclic amines) is 1. The van der Waals surface area contributed by atoms with E-state index in [2.05, 4.69) is 29.7 Å². The average molecular weight is 418 g/mol. The molecule has 0 saturated carbocycles. The van der Waals surface area contributed by atoms with Crippen LogP contribution in [-0.2, 0) is 17.6 Å². The van der Waals surface area contributed by atoms with Gasteiger partial charge in [0.1, 0.15) is 0 Å². The molecule has 6 heteroatoms. The summed E-state index contributed by atoms with van der Waals surface area (Å²) in [4.78, 5) is 34.3. The van der Waals surface area contributed by atoms with E-state index in [-0.39, 0.29) is 11.8 Å². The maximum Gasteiger partial charge on any atom is 0.264 e. The molecule has 0 aromatic carbocycles. The van der Waals surface area contributed by atoms with E-state index >= 15 is 0 Å². The van der Waals surface area contributed by atoms with Gasteiger partial charge in [0.15, 0.2) is 0 Å². The first-order chi connectivity index (χ1) is 14.0. The molecule has 1 aliphatic carbocycles. The van der Waals surface area contributed by atoms with Gasteiger partial charge in [-0.25, -0.2) is 0 Å². The Labute approximate surface area is 179 Å². The Balaban J connectivity index is 1.28.